The van der Waals surface area contributed by atoms with Crippen LogP contribution in [0.1, 0.15) is 42.6 Å². The lowest BCUT2D eigenvalue weighted by atomic mass is 9.92. The summed E-state index contributed by atoms with van der Waals surface area (Å²) in [6.07, 6.45) is 2.07. The fraction of sp³-hybridized carbons (Fsp3) is 0.409. The van der Waals surface area contributed by atoms with Gasteiger partial charge in [-0.1, -0.05) is 43.7 Å². The van der Waals surface area contributed by atoms with E-state index >= 15 is 0 Å². The second kappa shape index (κ2) is 8.44. The number of hydrogen-bond donors (Lipinski definition) is 1. The molecule has 3 rings (SSSR count). The highest BCUT2D eigenvalue weighted by Crippen LogP contribution is 2.41. The average Bonchev–Trinajstić information content (AvgIpc) is 2.68. The van der Waals surface area contributed by atoms with Gasteiger partial charge in [0.25, 0.3) is 5.91 Å². The molecule has 0 bridgehead atoms. The number of rotatable bonds is 8. The van der Waals surface area contributed by atoms with Gasteiger partial charge in [-0.15, -0.1) is 0 Å². The first-order valence-corrected chi connectivity index (χ1v) is 9.52. The van der Waals surface area contributed by atoms with E-state index in [0.717, 1.165) is 29.8 Å². The summed E-state index contributed by atoms with van der Waals surface area (Å²) in [5.41, 5.74) is 1.73. The summed E-state index contributed by atoms with van der Waals surface area (Å²) in [5, 5.41) is 3.58. The summed E-state index contributed by atoms with van der Waals surface area (Å²) in [4.78, 5) is 15.1. The number of carbonyl (C=O) groups is 1. The largest absolute Gasteiger partial charge is 0.493 e. The number of fused-ring (bicyclic) bond motifs is 1. The Labute approximate surface area is 161 Å². The van der Waals surface area contributed by atoms with Gasteiger partial charge >= 0.3 is 0 Å². The maximum Gasteiger partial charge on any atom is 0.258 e. The van der Waals surface area contributed by atoms with Crippen LogP contribution in [0.2, 0.25) is 0 Å². The normalized spacial score (nSPS) is 18.8. The number of methoxy groups -OCH3 is 1. The monoisotopic (exact) mass is 368 g/mol. The van der Waals surface area contributed by atoms with E-state index in [1.54, 1.807) is 7.11 Å². The molecule has 0 fully saturated rings. The minimum absolute atomic E-state index is 0.00717. The second-order valence-electron chi connectivity index (χ2n) is 6.89. The van der Waals surface area contributed by atoms with Crippen molar-refractivity contribution in [1.29, 1.82) is 0 Å². The zero-order valence-electron chi connectivity index (χ0n) is 16.3. The van der Waals surface area contributed by atoms with Crippen LogP contribution in [-0.2, 0) is 10.4 Å². The van der Waals surface area contributed by atoms with Crippen molar-refractivity contribution in [3.63, 3.8) is 0 Å². The SMILES string of the molecule is CCCCOc1ccccc1C1(C)Nc2ccccc2C(=O)N1CCOC. The summed E-state index contributed by atoms with van der Waals surface area (Å²) < 4.78 is 11.3. The molecule has 0 aliphatic carbocycles. The fourth-order valence-corrected chi connectivity index (χ4v) is 3.50. The van der Waals surface area contributed by atoms with Crippen LogP contribution in [0.5, 0.6) is 5.75 Å². The van der Waals surface area contributed by atoms with E-state index in [4.69, 9.17) is 9.47 Å². The number of ether oxygens (including phenoxy) is 2. The van der Waals surface area contributed by atoms with Crippen molar-refractivity contribution in [1.82, 2.24) is 4.90 Å². The van der Waals surface area contributed by atoms with E-state index in [-0.39, 0.29) is 5.91 Å². The first kappa shape index (κ1) is 19.2. The standard InChI is InChI=1S/C22H28N2O3/c1-4-5-15-27-20-13-9-7-11-18(20)22(2)23-19-12-8-6-10-17(19)21(25)24(22)14-16-26-3/h6-13,23H,4-5,14-16H2,1-3H3. The summed E-state index contributed by atoms with van der Waals surface area (Å²) in [7, 11) is 1.65. The predicted molar refractivity (Wildman–Crippen MR) is 107 cm³/mol. The number of carbonyl (C=O) groups excluding carboxylic acids is 1. The highest BCUT2D eigenvalue weighted by atomic mass is 16.5. The summed E-state index contributed by atoms with van der Waals surface area (Å²) >= 11 is 0. The van der Waals surface area contributed by atoms with Crippen LogP contribution in [0.4, 0.5) is 5.69 Å². The fourth-order valence-electron chi connectivity index (χ4n) is 3.50. The lowest BCUT2D eigenvalue weighted by molar-refractivity contribution is 0.0431. The summed E-state index contributed by atoms with van der Waals surface area (Å²) in [6.45, 7) is 5.77. The molecule has 1 atom stereocenters. The van der Waals surface area contributed by atoms with E-state index in [1.165, 1.54) is 0 Å². The topological polar surface area (TPSA) is 50.8 Å². The molecule has 0 saturated carbocycles. The smallest absolute Gasteiger partial charge is 0.258 e. The van der Waals surface area contributed by atoms with Crippen molar-refractivity contribution < 1.29 is 14.3 Å². The first-order chi connectivity index (χ1) is 13.1. The van der Waals surface area contributed by atoms with Crippen molar-refractivity contribution in [3.8, 4) is 5.75 Å². The number of amides is 1. The molecule has 27 heavy (non-hydrogen) atoms. The van der Waals surface area contributed by atoms with Gasteiger partial charge in [-0.2, -0.15) is 0 Å². The molecule has 1 unspecified atom stereocenters. The Bertz CT molecular complexity index is 793. The summed E-state index contributed by atoms with van der Waals surface area (Å²) in [5.74, 6) is 0.794. The first-order valence-electron chi connectivity index (χ1n) is 9.52. The molecule has 0 spiro atoms. The van der Waals surface area contributed by atoms with Gasteiger partial charge in [0, 0.05) is 24.9 Å². The Kier molecular flexibility index (Phi) is 6.01. The van der Waals surface area contributed by atoms with E-state index in [9.17, 15) is 4.79 Å². The average molecular weight is 368 g/mol. The van der Waals surface area contributed by atoms with Gasteiger partial charge in [-0.3, -0.25) is 4.79 Å². The minimum atomic E-state index is -0.729. The Morgan fingerprint density at radius 2 is 1.81 bits per heavy atom. The number of hydrogen-bond acceptors (Lipinski definition) is 4. The lowest BCUT2D eigenvalue weighted by Gasteiger charge is -2.47. The Morgan fingerprint density at radius 1 is 1.07 bits per heavy atom. The molecule has 2 aromatic carbocycles. The highest BCUT2D eigenvalue weighted by molar-refractivity contribution is 6.02. The lowest BCUT2D eigenvalue weighted by Crippen LogP contribution is -2.56. The number of nitrogens with one attached hydrogen (secondary N) is 1. The van der Waals surface area contributed by atoms with Gasteiger partial charge in [-0.25, -0.2) is 0 Å². The van der Waals surface area contributed by atoms with Crippen LogP contribution < -0.4 is 10.1 Å². The van der Waals surface area contributed by atoms with Gasteiger partial charge in [0.15, 0.2) is 0 Å². The maximum atomic E-state index is 13.3. The van der Waals surface area contributed by atoms with Crippen LogP contribution >= 0.6 is 0 Å². The molecule has 1 N–H and O–H groups in total. The minimum Gasteiger partial charge on any atom is -0.493 e. The highest BCUT2D eigenvalue weighted by Gasteiger charge is 2.43. The van der Waals surface area contributed by atoms with Crippen LogP contribution in [-0.4, -0.2) is 37.7 Å². The molecule has 1 heterocycles. The molecule has 5 nitrogen and oxygen atoms in total. The number of anilines is 1. The molecule has 1 amide bonds. The molecule has 5 heteroatoms. The third-order valence-corrected chi connectivity index (χ3v) is 5.01. The predicted octanol–water partition coefficient (Wildman–Crippen LogP) is 4.25. The van der Waals surface area contributed by atoms with Crippen molar-refractivity contribution in [2.75, 3.05) is 32.2 Å². The Hall–Kier alpha value is -2.53. The van der Waals surface area contributed by atoms with E-state index < -0.39 is 5.66 Å². The van der Waals surface area contributed by atoms with Crippen LogP contribution in [0.3, 0.4) is 0 Å². The van der Waals surface area contributed by atoms with Gasteiger partial charge in [0.05, 0.1) is 18.8 Å². The number of nitrogens with zero attached hydrogens (tertiary/aromatic N) is 1. The molecule has 144 valence electrons. The van der Waals surface area contributed by atoms with E-state index in [1.807, 2.05) is 60.4 Å². The van der Waals surface area contributed by atoms with Crippen LogP contribution in [0.25, 0.3) is 0 Å². The number of unbranched alkanes of at least 4 members (excludes halogenated alkanes) is 1. The zero-order chi connectivity index (χ0) is 19.3. The third kappa shape index (κ3) is 3.78. The molecular weight excluding hydrogens is 340 g/mol. The number of para-hydroxylation sites is 2. The van der Waals surface area contributed by atoms with Crippen molar-refractivity contribution >= 4 is 11.6 Å². The quantitative estimate of drug-likeness (QED) is 0.708. The number of benzene rings is 2. The van der Waals surface area contributed by atoms with Gasteiger partial charge in [0.2, 0.25) is 0 Å². The Morgan fingerprint density at radius 3 is 2.59 bits per heavy atom. The Balaban J connectivity index is 2.04. The van der Waals surface area contributed by atoms with Crippen molar-refractivity contribution in [2.45, 2.75) is 32.4 Å². The van der Waals surface area contributed by atoms with E-state index in [2.05, 4.69) is 12.2 Å². The second-order valence-corrected chi connectivity index (χ2v) is 6.89. The molecular formula is C22H28N2O3. The zero-order valence-corrected chi connectivity index (χ0v) is 16.3. The van der Waals surface area contributed by atoms with Gasteiger partial charge in [-0.05, 0) is 31.5 Å². The van der Waals surface area contributed by atoms with Crippen LogP contribution in [0.15, 0.2) is 48.5 Å². The molecule has 0 radical (unpaired) electrons. The molecule has 1 aliphatic heterocycles. The molecule has 0 aromatic heterocycles. The third-order valence-electron chi connectivity index (χ3n) is 5.01. The van der Waals surface area contributed by atoms with Crippen molar-refractivity contribution in [3.05, 3.63) is 59.7 Å². The van der Waals surface area contributed by atoms with E-state index in [0.29, 0.717) is 25.3 Å². The molecule has 2 aromatic rings. The maximum absolute atomic E-state index is 13.3. The summed E-state index contributed by atoms with van der Waals surface area (Å²) in [6, 6.07) is 15.6. The van der Waals surface area contributed by atoms with Crippen LogP contribution in [0, 0.1) is 0 Å². The van der Waals surface area contributed by atoms with Gasteiger partial charge < -0.3 is 19.7 Å². The van der Waals surface area contributed by atoms with Crippen molar-refractivity contribution in [2.24, 2.45) is 0 Å². The molecule has 1 aliphatic rings. The van der Waals surface area contributed by atoms with Gasteiger partial charge in [0.1, 0.15) is 11.4 Å². The molecule has 0 saturated heterocycles.